The maximum Gasteiger partial charge on any atom is 3.00 e. The quantitative estimate of drug-likeness (QED) is 0.307. The molecule has 3 aromatic carbocycles. The van der Waals surface area contributed by atoms with Gasteiger partial charge in [0.1, 0.15) is 0 Å². The van der Waals surface area contributed by atoms with Crippen molar-refractivity contribution in [3.05, 3.63) is 91.0 Å². The number of hydrogen-bond donors (Lipinski definition) is 0. The van der Waals surface area contributed by atoms with E-state index in [0.29, 0.717) is 0 Å². The largest absolute Gasteiger partial charge is 3.00 e. The second-order valence-corrected chi connectivity index (χ2v) is 5.35. The minimum Gasteiger partial charge on any atom is -0.780 e. The maximum atomic E-state index is 4.81. The molecule has 0 saturated carbocycles. The average Bonchev–Trinajstić information content (AvgIpc) is 2.51. The van der Waals surface area contributed by atoms with E-state index in [-0.39, 0.29) is 22.4 Å². The molecule has 0 aromatic heterocycles. The summed E-state index contributed by atoms with van der Waals surface area (Å²) >= 11 is 14.4. The third-order valence-electron chi connectivity index (χ3n) is 2.23. The summed E-state index contributed by atoms with van der Waals surface area (Å²) < 4.78 is 0. The molecular weight excluding hydrogens is 509 g/mol. The molecule has 0 fully saturated rings. The van der Waals surface area contributed by atoms with E-state index in [1.807, 2.05) is 91.0 Å². The topological polar surface area (TPSA) is 0 Å². The van der Waals surface area contributed by atoms with Crippen LogP contribution in [0.25, 0.3) is 0 Å². The molecule has 0 aliphatic carbocycles. The van der Waals surface area contributed by atoms with Crippen LogP contribution >= 0.6 is 0 Å². The number of benzene rings is 3. The van der Waals surface area contributed by atoms with Crippen LogP contribution in [0.4, 0.5) is 0 Å². The van der Waals surface area contributed by atoms with Gasteiger partial charge in [0.25, 0.3) is 0 Å². The summed E-state index contributed by atoms with van der Waals surface area (Å²) in [6.45, 7) is 0. The zero-order valence-electron chi connectivity index (χ0n) is 11.7. The Hall–Kier alpha value is -0.940. The van der Waals surface area contributed by atoms with Crippen LogP contribution in [0.15, 0.2) is 106 Å². The Kier molecular flexibility index (Phi) is 13.1. The summed E-state index contributed by atoms with van der Waals surface area (Å²) in [6, 6.07) is 28.8. The summed E-state index contributed by atoms with van der Waals surface area (Å²) in [7, 11) is 0. The first-order valence-corrected chi connectivity index (χ1v) is 7.57. The van der Waals surface area contributed by atoms with E-state index >= 15 is 0 Å². The second kappa shape index (κ2) is 13.7. The monoisotopic (exact) mass is 524 g/mol. The summed E-state index contributed by atoms with van der Waals surface area (Å²) in [5.74, 6) is 0. The Morgan fingerprint density at radius 3 is 0.636 bits per heavy atom. The van der Waals surface area contributed by atoms with Crippen molar-refractivity contribution < 1.29 is 22.4 Å². The van der Waals surface area contributed by atoms with Crippen molar-refractivity contribution in [2.45, 2.75) is 14.7 Å². The molecule has 0 bridgehead atoms. The van der Waals surface area contributed by atoms with E-state index in [1.165, 1.54) is 0 Å². The van der Waals surface area contributed by atoms with Crippen molar-refractivity contribution in [2.24, 2.45) is 0 Å². The molecule has 0 nitrogen and oxygen atoms in total. The van der Waals surface area contributed by atoms with E-state index in [2.05, 4.69) is 0 Å². The van der Waals surface area contributed by atoms with Crippen molar-refractivity contribution in [3.8, 4) is 0 Å². The molecule has 0 aliphatic rings. The van der Waals surface area contributed by atoms with Crippen molar-refractivity contribution in [1.82, 2.24) is 0 Å². The van der Waals surface area contributed by atoms with Crippen molar-refractivity contribution in [1.29, 1.82) is 0 Å². The number of rotatable bonds is 0. The van der Waals surface area contributed by atoms with E-state index in [1.54, 1.807) is 0 Å². The molecule has 22 heavy (non-hydrogen) atoms. The third kappa shape index (κ3) is 11.7. The Morgan fingerprint density at radius 2 is 0.545 bits per heavy atom. The van der Waals surface area contributed by atoms with Gasteiger partial charge in [0.2, 0.25) is 0 Å². The molecule has 0 atom stereocenters. The molecule has 3 rings (SSSR count). The van der Waals surface area contributed by atoms with E-state index < -0.39 is 0 Å². The van der Waals surface area contributed by atoms with Crippen LogP contribution in [0, 0.1) is 0 Å². The van der Waals surface area contributed by atoms with Gasteiger partial charge < -0.3 is 37.9 Å². The molecule has 0 N–H and O–H groups in total. The van der Waals surface area contributed by atoms with E-state index in [4.69, 9.17) is 37.9 Å². The fourth-order valence-corrected chi connectivity index (χ4v) is 1.73. The van der Waals surface area contributed by atoms with Gasteiger partial charge in [0.15, 0.2) is 0 Å². The fraction of sp³-hybridized carbons (Fsp3) is 0. The number of hydrogen-bond acceptors (Lipinski definition) is 3. The molecule has 0 radical (unpaired) electrons. The predicted octanol–water partition coefficient (Wildman–Crippen LogP) is 4.77. The van der Waals surface area contributed by atoms with Gasteiger partial charge in [0.05, 0.1) is 0 Å². The third-order valence-corrected chi connectivity index (χ3v) is 3.05. The SMILES string of the molecule is [Au+3].[S-]c1ccccc1.[S-]c1ccccc1.[S-]c1ccccc1. The summed E-state index contributed by atoms with van der Waals surface area (Å²) in [4.78, 5) is 2.72. The molecule has 0 unspecified atom stereocenters. The Morgan fingerprint density at radius 1 is 0.364 bits per heavy atom. The van der Waals surface area contributed by atoms with Gasteiger partial charge in [-0.15, -0.1) is 0 Å². The summed E-state index contributed by atoms with van der Waals surface area (Å²) in [5, 5.41) is 0. The normalized spacial score (nSPS) is 8.18. The minimum atomic E-state index is 0. The summed E-state index contributed by atoms with van der Waals surface area (Å²) in [6.07, 6.45) is 0. The van der Waals surface area contributed by atoms with Crippen LogP contribution in [-0.4, -0.2) is 0 Å². The molecule has 0 saturated heterocycles. The van der Waals surface area contributed by atoms with Crippen LogP contribution in [0.1, 0.15) is 0 Å². The first-order chi connectivity index (χ1) is 10.2. The molecule has 0 aliphatic heterocycles. The molecule has 0 spiro atoms. The van der Waals surface area contributed by atoms with Crippen LogP contribution in [-0.2, 0) is 60.3 Å². The van der Waals surface area contributed by atoms with Gasteiger partial charge in [-0.2, -0.15) is 14.7 Å². The van der Waals surface area contributed by atoms with Gasteiger partial charge >= 0.3 is 22.4 Å². The molecular formula is C18H15AuS3. The van der Waals surface area contributed by atoms with Crippen molar-refractivity contribution in [3.63, 3.8) is 0 Å². The Labute approximate surface area is 165 Å². The van der Waals surface area contributed by atoms with Crippen molar-refractivity contribution in [2.75, 3.05) is 0 Å². The smallest absolute Gasteiger partial charge is 0.780 e. The van der Waals surface area contributed by atoms with Crippen LogP contribution in [0.3, 0.4) is 0 Å². The van der Waals surface area contributed by atoms with Crippen LogP contribution in [0.5, 0.6) is 0 Å². The zero-order chi connectivity index (χ0) is 15.3. The molecule has 116 valence electrons. The minimum absolute atomic E-state index is 0. The fourth-order valence-electron chi connectivity index (χ4n) is 1.26. The van der Waals surface area contributed by atoms with Crippen molar-refractivity contribution >= 4 is 37.9 Å². The molecule has 0 heterocycles. The molecule has 4 heteroatoms. The van der Waals surface area contributed by atoms with Gasteiger partial charge in [-0.3, -0.25) is 0 Å². The van der Waals surface area contributed by atoms with Gasteiger partial charge in [0, 0.05) is 0 Å². The van der Waals surface area contributed by atoms with E-state index in [0.717, 1.165) is 14.7 Å². The zero-order valence-corrected chi connectivity index (χ0v) is 16.3. The average molecular weight is 524 g/mol. The molecule has 0 amide bonds. The summed E-state index contributed by atoms with van der Waals surface area (Å²) in [5.41, 5.74) is 0. The first-order valence-electron chi connectivity index (χ1n) is 6.34. The Bertz CT molecular complexity index is 497. The Balaban J connectivity index is 0.000000294. The van der Waals surface area contributed by atoms with Gasteiger partial charge in [-0.25, -0.2) is 0 Å². The van der Waals surface area contributed by atoms with Crippen LogP contribution in [0.2, 0.25) is 0 Å². The van der Waals surface area contributed by atoms with Gasteiger partial charge in [-0.1, -0.05) is 91.0 Å². The maximum absolute atomic E-state index is 4.81. The first kappa shape index (κ1) is 21.1. The van der Waals surface area contributed by atoms with Gasteiger partial charge in [-0.05, 0) is 0 Å². The standard InChI is InChI=1S/3C6H6S.Au/c3*7-6-4-2-1-3-5-6;/h3*1-5,7H;/q;;;+3/p-3. The van der Waals surface area contributed by atoms with Crippen LogP contribution < -0.4 is 0 Å². The second-order valence-electron chi connectivity index (χ2n) is 3.94. The predicted molar refractivity (Wildman–Crippen MR) is 96.2 cm³/mol. The van der Waals surface area contributed by atoms with E-state index in [9.17, 15) is 0 Å². The molecule has 3 aromatic rings.